The van der Waals surface area contributed by atoms with Crippen LogP contribution in [-0.2, 0) is 6.54 Å². The normalized spacial score (nSPS) is 11.1. The zero-order valence-electron chi connectivity index (χ0n) is 18.5. The van der Waals surface area contributed by atoms with Crippen molar-refractivity contribution >= 4 is 29.0 Å². The Morgan fingerprint density at radius 3 is 2.45 bits per heavy atom. The lowest BCUT2D eigenvalue weighted by Gasteiger charge is -2.16. The van der Waals surface area contributed by atoms with Gasteiger partial charge in [0, 0.05) is 18.7 Å². The molecule has 1 aromatic heterocycles. The number of H-pyrrole nitrogens is 1. The van der Waals surface area contributed by atoms with Crippen LogP contribution in [0.4, 0.5) is 0 Å². The smallest absolute Gasteiger partial charge is 0.266 e. The first-order valence-electron chi connectivity index (χ1n) is 10.9. The van der Waals surface area contributed by atoms with Gasteiger partial charge in [0.15, 0.2) is 4.77 Å². The SMILES string of the molecule is CN(CCCNC(=O)c1ccc(-n2c(=S)[nH]c3ccccc3c2=O)cc1)Cc1ccccc1. The molecule has 0 saturated heterocycles. The monoisotopic (exact) mass is 458 g/mol. The van der Waals surface area contributed by atoms with Crippen molar-refractivity contribution in [2.45, 2.75) is 13.0 Å². The summed E-state index contributed by atoms with van der Waals surface area (Å²) in [5.74, 6) is -0.136. The maximum Gasteiger partial charge on any atom is 0.266 e. The largest absolute Gasteiger partial charge is 0.352 e. The van der Waals surface area contributed by atoms with Gasteiger partial charge in [-0.05, 0) is 74.2 Å². The fourth-order valence-corrected chi connectivity index (χ4v) is 4.08. The van der Waals surface area contributed by atoms with Crippen molar-refractivity contribution < 1.29 is 4.79 Å². The minimum atomic E-state index is -0.189. The van der Waals surface area contributed by atoms with Crippen molar-refractivity contribution in [1.82, 2.24) is 19.8 Å². The van der Waals surface area contributed by atoms with Crippen LogP contribution in [0, 0.1) is 4.77 Å². The molecule has 0 radical (unpaired) electrons. The first-order valence-corrected chi connectivity index (χ1v) is 11.3. The van der Waals surface area contributed by atoms with Crippen LogP contribution in [0.3, 0.4) is 0 Å². The molecule has 7 heteroatoms. The number of nitrogens with one attached hydrogen (secondary N) is 2. The summed E-state index contributed by atoms with van der Waals surface area (Å²) in [5.41, 5.74) is 2.95. The molecule has 4 rings (SSSR count). The minimum Gasteiger partial charge on any atom is -0.352 e. The summed E-state index contributed by atoms with van der Waals surface area (Å²) < 4.78 is 1.76. The van der Waals surface area contributed by atoms with Crippen molar-refractivity contribution in [3.05, 3.63) is 105 Å². The van der Waals surface area contributed by atoms with E-state index in [-0.39, 0.29) is 11.5 Å². The molecule has 0 atom stereocenters. The predicted molar refractivity (Wildman–Crippen MR) is 134 cm³/mol. The van der Waals surface area contributed by atoms with Crippen LogP contribution < -0.4 is 10.9 Å². The highest BCUT2D eigenvalue weighted by molar-refractivity contribution is 7.71. The van der Waals surface area contributed by atoms with Crippen LogP contribution in [-0.4, -0.2) is 40.5 Å². The molecule has 3 aromatic carbocycles. The molecule has 0 aliphatic heterocycles. The summed E-state index contributed by atoms with van der Waals surface area (Å²) in [6, 6.07) is 24.5. The maximum atomic E-state index is 12.9. The number of benzene rings is 3. The van der Waals surface area contributed by atoms with Gasteiger partial charge >= 0.3 is 0 Å². The van der Waals surface area contributed by atoms with Gasteiger partial charge in [0.05, 0.1) is 16.6 Å². The Hall–Kier alpha value is -3.55. The predicted octanol–water partition coefficient (Wildman–Crippen LogP) is 4.30. The van der Waals surface area contributed by atoms with Crippen LogP contribution in [0.15, 0.2) is 83.7 Å². The number of para-hydroxylation sites is 1. The molecule has 1 amide bonds. The van der Waals surface area contributed by atoms with Crippen molar-refractivity contribution in [2.75, 3.05) is 20.1 Å². The Morgan fingerprint density at radius 1 is 1.00 bits per heavy atom. The van der Waals surface area contributed by atoms with Gasteiger partial charge in [-0.1, -0.05) is 42.5 Å². The van der Waals surface area contributed by atoms with E-state index in [1.54, 1.807) is 30.3 Å². The van der Waals surface area contributed by atoms with Gasteiger partial charge in [0.25, 0.3) is 11.5 Å². The second kappa shape index (κ2) is 10.4. The van der Waals surface area contributed by atoms with Crippen LogP contribution in [0.25, 0.3) is 16.6 Å². The fourth-order valence-electron chi connectivity index (χ4n) is 3.79. The van der Waals surface area contributed by atoms with E-state index in [2.05, 4.69) is 34.4 Å². The Morgan fingerprint density at radius 2 is 1.70 bits per heavy atom. The Labute approximate surface area is 197 Å². The molecule has 0 aliphatic rings. The van der Waals surface area contributed by atoms with E-state index in [4.69, 9.17) is 12.2 Å². The van der Waals surface area contributed by atoms with Gasteiger partial charge in [-0.3, -0.25) is 14.2 Å². The van der Waals surface area contributed by atoms with E-state index >= 15 is 0 Å². The summed E-state index contributed by atoms with van der Waals surface area (Å²) in [4.78, 5) is 30.7. The number of amides is 1. The van der Waals surface area contributed by atoms with Gasteiger partial charge < -0.3 is 15.2 Å². The van der Waals surface area contributed by atoms with Crippen molar-refractivity contribution in [3.63, 3.8) is 0 Å². The zero-order chi connectivity index (χ0) is 23.2. The summed E-state index contributed by atoms with van der Waals surface area (Å²) in [7, 11) is 2.08. The molecule has 0 fully saturated rings. The molecule has 33 heavy (non-hydrogen) atoms. The van der Waals surface area contributed by atoms with Gasteiger partial charge in [-0.25, -0.2) is 0 Å². The Kier molecular flexibility index (Phi) is 7.12. The Balaban J connectivity index is 1.35. The van der Waals surface area contributed by atoms with Crippen molar-refractivity contribution in [1.29, 1.82) is 0 Å². The first-order chi connectivity index (χ1) is 16.0. The summed E-state index contributed by atoms with van der Waals surface area (Å²) >= 11 is 5.39. The average molecular weight is 459 g/mol. The highest BCUT2D eigenvalue weighted by Gasteiger charge is 2.10. The molecule has 0 saturated carbocycles. The van der Waals surface area contributed by atoms with E-state index in [0.717, 1.165) is 19.5 Å². The topological polar surface area (TPSA) is 70.1 Å². The van der Waals surface area contributed by atoms with Crippen LogP contribution in [0.5, 0.6) is 0 Å². The molecule has 1 heterocycles. The number of hydrogen-bond acceptors (Lipinski definition) is 4. The number of rotatable bonds is 8. The van der Waals surface area contributed by atoms with Crippen LogP contribution >= 0.6 is 12.2 Å². The van der Waals surface area contributed by atoms with Crippen molar-refractivity contribution in [3.8, 4) is 5.69 Å². The van der Waals surface area contributed by atoms with Crippen LogP contribution in [0.2, 0.25) is 0 Å². The number of hydrogen-bond donors (Lipinski definition) is 2. The highest BCUT2D eigenvalue weighted by Crippen LogP contribution is 2.12. The first kappa shape index (κ1) is 22.6. The maximum absolute atomic E-state index is 12.9. The second-order valence-corrected chi connectivity index (χ2v) is 8.38. The quantitative estimate of drug-likeness (QED) is 0.305. The lowest BCUT2D eigenvalue weighted by atomic mass is 10.2. The molecule has 4 aromatic rings. The average Bonchev–Trinajstić information content (AvgIpc) is 2.83. The molecular weight excluding hydrogens is 432 g/mol. The van der Waals surface area contributed by atoms with Gasteiger partial charge in [-0.15, -0.1) is 0 Å². The Bertz CT molecular complexity index is 1360. The third-order valence-electron chi connectivity index (χ3n) is 5.49. The number of aromatic amines is 1. The van der Waals surface area contributed by atoms with Gasteiger partial charge in [-0.2, -0.15) is 0 Å². The summed E-state index contributed by atoms with van der Waals surface area (Å²) in [6.45, 7) is 2.36. The number of fused-ring (bicyclic) bond motifs is 1. The standard InChI is InChI=1S/C26H26N4O2S/c1-29(18-19-8-3-2-4-9-19)17-7-16-27-24(31)20-12-14-21(15-13-20)30-25(32)22-10-5-6-11-23(22)28-26(30)33/h2-6,8-15H,7,16-18H2,1H3,(H,27,31)(H,28,33). The summed E-state index contributed by atoms with van der Waals surface area (Å²) in [5, 5.41) is 3.52. The van der Waals surface area contributed by atoms with Crippen molar-refractivity contribution in [2.24, 2.45) is 0 Å². The molecule has 2 N–H and O–H groups in total. The molecule has 0 aliphatic carbocycles. The summed E-state index contributed by atoms with van der Waals surface area (Å²) in [6.07, 6.45) is 0.856. The van der Waals surface area contributed by atoms with E-state index in [0.29, 0.717) is 33.5 Å². The highest BCUT2D eigenvalue weighted by atomic mass is 32.1. The molecule has 0 bridgehead atoms. The molecule has 6 nitrogen and oxygen atoms in total. The zero-order valence-corrected chi connectivity index (χ0v) is 19.3. The number of carbonyl (C=O) groups is 1. The van der Waals surface area contributed by atoms with E-state index in [1.165, 1.54) is 10.1 Å². The van der Waals surface area contributed by atoms with Crippen LogP contribution in [0.1, 0.15) is 22.3 Å². The molecule has 0 spiro atoms. The third kappa shape index (κ3) is 5.45. The molecule has 0 unspecified atom stereocenters. The lowest BCUT2D eigenvalue weighted by molar-refractivity contribution is 0.0952. The van der Waals surface area contributed by atoms with Gasteiger partial charge in [0.2, 0.25) is 0 Å². The fraction of sp³-hybridized carbons (Fsp3) is 0.192. The third-order valence-corrected chi connectivity index (χ3v) is 5.78. The van der Waals surface area contributed by atoms with E-state index < -0.39 is 0 Å². The lowest BCUT2D eigenvalue weighted by Crippen LogP contribution is -2.28. The van der Waals surface area contributed by atoms with E-state index in [1.807, 2.05) is 36.4 Å². The van der Waals surface area contributed by atoms with E-state index in [9.17, 15) is 9.59 Å². The number of carbonyl (C=O) groups excluding carboxylic acids is 1. The number of aromatic nitrogens is 2. The number of nitrogens with zero attached hydrogens (tertiary/aromatic N) is 2. The minimum absolute atomic E-state index is 0.136. The van der Waals surface area contributed by atoms with Gasteiger partial charge in [0.1, 0.15) is 0 Å². The second-order valence-electron chi connectivity index (χ2n) is 8.00. The molecular formula is C26H26N4O2S. The molecule has 168 valence electrons.